The highest BCUT2D eigenvalue weighted by molar-refractivity contribution is 6.00. The normalized spacial score (nSPS) is 10.7. The van der Waals surface area contributed by atoms with E-state index in [0.29, 0.717) is 23.6 Å². The topological polar surface area (TPSA) is 97.2 Å². The Hall–Kier alpha value is -4.33. The first-order valence-corrected chi connectivity index (χ1v) is 11.3. The average Bonchev–Trinajstić information content (AvgIpc) is 3.09. The number of rotatable bonds is 8. The maximum atomic E-state index is 12.9. The maximum absolute atomic E-state index is 12.9. The molecule has 0 saturated heterocycles. The zero-order valence-corrected chi connectivity index (χ0v) is 19.0. The van der Waals surface area contributed by atoms with Gasteiger partial charge in [0, 0.05) is 36.6 Å². The van der Waals surface area contributed by atoms with Crippen LogP contribution in [0, 0.1) is 0 Å². The molecule has 1 heterocycles. The molecule has 0 aliphatic heterocycles. The minimum Gasteiger partial charge on any atom is -0.326 e. The van der Waals surface area contributed by atoms with E-state index >= 15 is 0 Å². The van der Waals surface area contributed by atoms with E-state index in [0.717, 1.165) is 17.5 Å². The Bertz CT molecular complexity index is 1360. The first-order valence-electron chi connectivity index (χ1n) is 11.3. The highest BCUT2D eigenvalue weighted by atomic mass is 16.2. The molecule has 8 nitrogen and oxygen atoms in total. The first kappa shape index (κ1) is 22.8. The van der Waals surface area contributed by atoms with Crippen molar-refractivity contribution in [3.05, 3.63) is 89.3 Å². The number of carbonyl (C=O) groups excluding carboxylic acids is 2. The predicted octanol–water partition coefficient (Wildman–Crippen LogP) is 4.89. The summed E-state index contributed by atoms with van der Waals surface area (Å²) in [6.07, 6.45) is 0.994. The number of hydrogen-bond acceptors (Lipinski definition) is 3. The van der Waals surface area contributed by atoms with Gasteiger partial charge in [-0.3, -0.25) is 13.9 Å². The van der Waals surface area contributed by atoms with Crippen LogP contribution in [0.15, 0.2) is 83.7 Å². The van der Waals surface area contributed by atoms with Crippen LogP contribution in [0.4, 0.5) is 21.9 Å². The van der Waals surface area contributed by atoms with Crippen LogP contribution in [0.25, 0.3) is 11.0 Å². The van der Waals surface area contributed by atoms with E-state index in [1.807, 2.05) is 49.4 Å². The average molecular weight is 458 g/mol. The van der Waals surface area contributed by atoms with Gasteiger partial charge in [-0.05, 0) is 48.9 Å². The van der Waals surface area contributed by atoms with Gasteiger partial charge >= 0.3 is 11.7 Å². The minimum absolute atomic E-state index is 0.105. The van der Waals surface area contributed by atoms with Crippen molar-refractivity contribution in [3.63, 3.8) is 0 Å². The second-order valence-electron chi connectivity index (χ2n) is 7.90. The van der Waals surface area contributed by atoms with E-state index in [1.54, 1.807) is 45.5 Å². The standard InChI is InChI=1S/C26H27N5O3/c1-2-16-30-22-13-6-7-14-23(22)31(26(30)34)17-15-24(32)27-20-11-8-12-21(18-20)29-25(33)28-19-9-4-3-5-10-19/h3-14,18H,2,15-17H2,1H3,(H,27,32)(H2,28,29,33). The summed E-state index contributed by atoms with van der Waals surface area (Å²) in [6.45, 7) is 2.94. The van der Waals surface area contributed by atoms with Crippen LogP contribution in [0.1, 0.15) is 19.8 Å². The van der Waals surface area contributed by atoms with E-state index in [4.69, 9.17) is 0 Å². The van der Waals surface area contributed by atoms with Gasteiger partial charge in [0.05, 0.1) is 11.0 Å². The van der Waals surface area contributed by atoms with E-state index in [1.165, 1.54) is 0 Å². The van der Waals surface area contributed by atoms with Crippen molar-refractivity contribution < 1.29 is 9.59 Å². The molecule has 0 saturated carbocycles. The fourth-order valence-electron chi connectivity index (χ4n) is 3.85. The molecule has 3 N–H and O–H groups in total. The summed E-state index contributed by atoms with van der Waals surface area (Å²) < 4.78 is 3.40. The van der Waals surface area contributed by atoms with Gasteiger partial charge in [-0.15, -0.1) is 0 Å². The molecule has 0 radical (unpaired) electrons. The van der Waals surface area contributed by atoms with Gasteiger partial charge in [-0.2, -0.15) is 0 Å². The molecule has 8 heteroatoms. The number of fused-ring (bicyclic) bond motifs is 1. The molecule has 4 rings (SSSR count). The van der Waals surface area contributed by atoms with Crippen LogP contribution in [-0.4, -0.2) is 21.1 Å². The third-order valence-electron chi connectivity index (χ3n) is 5.37. The molecule has 0 spiro atoms. The Morgan fingerprint density at radius 3 is 1.94 bits per heavy atom. The Kier molecular flexibility index (Phi) is 7.07. The first-order chi connectivity index (χ1) is 16.5. The lowest BCUT2D eigenvalue weighted by Crippen LogP contribution is -2.26. The number of anilines is 3. The second kappa shape index (κ2) is 10.5. The summed E-state index contributed by atoms with van der Waals surface area (Å²) in [4.78, 5) is 37.7. The van der Waals surface area contributed by atoms with Crippen molar-refractivity contribution in [1.29, 1.82) is 0 Å². The molecule has 1 aromatic heterocycles. The summed E-state index contributed by atoms with van der Waals surface area (Å²) in [5, 5.41) is 8.34. The zero-order chi connectivity index (χ0) is 23.9. The number of imidazole rings is 1. The van der Waals surface area contributed by atoms with Crippen LogP contribution < -0.4 is 21.6 Å². The fraction of sp³-hybridized carbons (Fsp3) is 0.192. The van der Waals surface area contributed by atoms with E-state index in [9.17, 15) is 14.4 Å². The van der Waals surface area contributed by atoms with E-state index in [-0.39, 0.29) is 30.6 Å². The smallest absolute Gasteiger partial charge is 0.326 e. The van der Waals surface area contributed by atoms with Gasteiger partial charge in [-0.1, -0.05) is 43.3 Å². The highest BCUT2D eigenvalue weighted by Gasteiger charge is 2.13. The summed E-state index contributed by atoms with van der Waals surface area (Å²) in [5.74, 6) is -0.217. The van der Waals surface area contributed by atoms with Gasteiger partial charge in [0.15, 0.2) is 0 Å². The molecule has 0 unspecified atom stereocenters. The number of aromatic nitrogens is 2. The molecule has 0 aliphatic carbocycles. The summed E-state index contributed by atoms with van der Waals surface area (Å²) in [6, 6.07) is 23.3. The number of para-hydroxylation sites is 3. The Balaban J connectivity index is 1.38. The van der Waals surface area contributed by atoms with Crippen LogP contribution in [-0.2, 0) is 17.9 Å². The highest BCUT2D eigenvalue weighted by Crippen LogP contribution is 2.17. The molecule has 0 atom stereocenters. The summed E-state index contributed by atoms with van der Waals surface area (Å²) in [5.41, 5.74) is 3.38. The van der Waals surface area contributed by atoms with E-state index in [2.05, 4.69) is 16.0 Å². The molecule has 0 fully saturated rings. The Morgan fingerprint density at radius 2 is 1.26 bits per heavy atom. The number of hydrogen-bond donors (Lipinski definition) is 3. The molecular weight excluding hydrogens is 430 g/mol. The molecule has 34 heavy (non-hydrogen) atoms. The minimum atomic E-state index is -0.377. The summed E-state index contributed by atoms with van der Waals surface area (Å²) >= 11 is 0. The van der Waals surface area contributed by atoms with Crippen molar-refractivity contribution >= 4 is 40.0 Å². The Labute approximate surface area is 197 Å². The Morgan fingerprint density at radius 1 is 0.706 bits per heavy atom. The maximum Gasteiger partial charge on any atom is 0.329 e. The number of nitrogens with zero attached hydrogens (tertiary/aromatic N) is 2. The number of aryl methyl sites for hydroxylation is 2. The molecule has 0 bridgehead atoms. The van der Waals surface area contributed by atoms with Crippen molar-refractivity contribution in [2.45, 2.75) is 32.9 Å². The second-order valence-corrected chi connectivity index (χ2v) is 7.90. The van der Waals surface area contributed by atoms with Crippen LogP contribution >= 0.6 is 0 Å². The third-order valence-corrected chi connectivity index (χ3v) is 5.37. The molecule has 3 aromatic carbocycles. The third kappa shape index (κ3) is 5.35. The molecule has 3 amide bonds. The van der Waals surface area contributed by atoms with Gasteiger partial charge in [0.25, 0.3) is 0 Å². The number of urea groups is 1. The monoisotopic (exact) mass is 457 g/mol. The number of carbonyl (C=O) groups is 2. The van der Waals surface area contributed by atoms with Gasteiger partial charge in [0.2, 0.25) is 5.91 Å². The van der Waals surface area contributed by atoms with Crippen molar-refractivity contribution in [2.75, 3.05) is 16.0 Å². The SMILES string of the molecule is CCCn1c(=O)n(CCC(=O)Nc2cccc(NC(=O)Nc3ccccc3)c2)c2ccccc21. The van der Waals surface area contributed by atoms with Crippen molar-refractivity contribution in [3.8, 4) is 0 Å². The largest absolute Gasteiger partial charge is 0.329 e. The van der Waals surface area contributed by atoms with Crippen molar-refractivity contribution in [2.24, 2.45) is 0 Å². The lowest BCUT2D eigenvalue weighted by atomic mass is 10.2. The van der Waals surface area contributed by atoms with Crippen molar-refractivity contribution in [1.82, 2.24) is 9.13 Å². The lowest BCUT2D eigenvalue weighted by molar-refractivity contribution is -0.116. The number of nitrogens with one attached hydrogen (secondary N) is 3. The zero-order valence-electron chi connectivity index (χ0n) is 19.0. The van der Waals surface area contributed by atoms with E-state index < -0.39 is 0 Å². The summed E-state index contributed by atoms with van der Waals surface area (Å²) in [7, 11) is 0. The predicted molar refractivity (Wildman–Crippen MR) is 135 cm³/mol. The number of benzene rings is 3. The van der Waals surface area contributed by atoms with Crippen LogP contribution in [0.2, 0.25) is 0 Å². The number of amides is 3. The fourth-order valence-corrected chi connectivity index (χ4v) is 3.85. The molecule has 0 aliphatic rings. The van der Waals surface area contributed by atoms with Crippen LogP contribution in [0.5, 0.6) is 0 Å². The molecular formula is C26H27N5O3. The van der Waals surface area contributed by atoms with Gasteiger partial charge < -0.3 is 16.0 Å². The quantitative estimate of drug-likeness (QED) is 0.352. The molecule has 174 valence electrons. The van der Waals surface area contributed by atoms with Gasteiger partial charge in [-0.25, -0.2) is 9.59 Å². The lowest BCUT2D eigenvalue weighted by Gasteiger charge is -2.10. The molecule has 4 aromatic rings. The van der Waals surface area contributed by atoms with Crippen LogP contribution in [0.3, 0.4) is 0 Å². The van der Waals surface area contributed by atoms with Gasteiger partial charge in [0.1, 0.15) is 0 Å².